The third-order valence-electron chi connectivity index (χ3n) is 6.19. The minimum Gasteiger partial charge on any atom is -0.495 e. The van der Waals surface area contributed by atoms with Gasteiger partial charge in [-0.25, -0.2) is 13.2 Å². The number of halogens is 2. The lowest BCUT2D eigenvalue weighted by Crippen LogP contribution is -2.31. The van der Waals surface area contributed by atoms with Gasteiger partial charge in [-0.15, -0.1) is 0 Å². The Bertz CT molecular complexity index is 1410. The number of methoxy groups -OCH3 is 1. The van der Waals surface area contributed by atoms with Gasteiger partial charge in [-0.05, 0) is 79.5 Å². The van der Waals surface area contributed by atoms with Crippen molar-refractivity contribution in [3.8, 4) is 5.75 Å². The number of amides is 2. The zero-order chi connectivity index (χ0) is 26.7. The number of ether oxygens (including phenoxy) is 1. The number of hydrogen-bond donors (Lipinski definition) is 3. The van der Waals surface area contributed by atoms with E-state index in [0.29, 0.717) is 27.7 Å². The molecule has 3 N–H and O–H groups in total. The molecule has 1 unspecified atom stereocenters. The SMILES string of the molecule is COc1ccc(C(C)NC(=O)Nc2ccc(S(=O)(=O)Nc3ccc4c(c3)CCN(C)C4)cc2)c(Cl)c1Cl. The second-order valence-corrected chi connectivity index (χ2v) is 11.3. The van der Waals surface area contributed by atoms with Crippen molar-refractivity contribution < 1.29 is 17.9 Å². The first-order valence-corrected chi connectivity index (χ1v) is 13.8. The monoisotopic (exact) mass is 562 g/mol. The van der Waals surface area contributed by atoms with Gasteiger partial charge in [0.1, 0.15) is 10.8 Å². The Morgan fingerprint density at radius 2 is 1.70 bits per heavy atom. The zero-order valence-electron chi connectivity index (χ0n) is 20.6. The van der Waals surface area contributed by atoms with Gasteiger partial charge in [0.2, 0.25) is 0 Å². The van der Waals surface area contributed by atoms with Crippen LogP contribution in [0.25, 0.3) is 0 Å². The molecule has 0 fully saturated rings. The molecule has 4 rings (SSSR count). The molecule has 0 aliphatic carbocycles. The summed E-state index contributed by atoms with van der Waals surface area (Å²) in [6.07, 6.45) is 0.875. The van der Waals surface area contributed by atoms with E-state index in [1.165, 1.54) is 36.9 Å². The molecule has 8 nitrogen and oxygen atoms in total. The van der Waals surface area contributed by atoms with Crippen LogP contribution in [0.3, 0.4) is 0 Å². The third kappa shape index (κ3) is 6.30. The van der Waals surface area contributed by atoms with Gasteiger partial charge in [0, 0.05) is 24.5 Å². The van der Waals surface area contributed by atoms with Crippen molar-refractivity contribution in [2.24, 2.45) is 0 Å². The minimum absolute atomic E-state index is 0.0870. The first kappa shape index (κ1) is 27.1. The van der Waals surface area contributed by atoms with Crippen molar-refractivity contribution in [3.05, 3.63) is 81.3 Å². The maximum absolute atomic E-state index is 12.9. The molecular weight excluding hydrogens is 535 g/mol. The fraction of sp³-hybridized carbons (Fsp3) is 0.269. The van der Waals surface area contributed by atoms with Gasteiger partial charge >= 0.3 is 6.03 Å². The highest BCUT2D eigenvalue weighted by Crippen LogP contribution is 2.37. The van der Waals surface area contributed by atoms with Gasteiger partial charge in [0.05, 0.1) is 23.1 Å². The summed E-state index contributed by atoms with van der Waals surface area (Å²) < 4.78 is 33.6. The van der Waals surface area contributed by atoms with Crippen LogP contribution in [0.5, 0.6) is 5.75 Å². The Kier molecular flexibility index (Phi) is 8.18. The topological polar surface area (TPSA) is 99.8 Å². The molecule has 37 heavy (non-hydrogen) atoms. The highest BCUT2D eigenvalue weighted by atomic mass is 35.5. The average Bonchev–Trinajstić information content (AvgIpc) is 2.85. The molecule has 0 aromatic heterocycles. The fourth-order valence-electron chi connectivity index (χ4n) is 4.17. The molecule has 11 heteroatoms. The van der Waals surface area contributed by atoms with E-state index in [0.717, 1.165) is 25.1 Å². The third-order valence-corrected chi connectivity index (χ3v) is 8.47. The van der Waals surface area contributed by atoms with Gasteiger partial charge < -0.3 is 20.3 Å². The number of carbonyl (C=O) groups is 1. The van der Waals surface area contributed by atoms with E-state index in [9.17, 15) is 13.2 Å². The summed E-state index contributed by atoms with van der Waals surface area (Å²) in [5.74, 6) is 0.441. The predicted octanol–water partition coefficient (Wildman–Crippen LogP) is 5.67. The molecule has 2 amide bonds. The molecule has 3 aromatic rings. The molecule has 1 atom stereocenters. The number of urea groups is 1. The van der Waals surface area contributed by atoms with E-state index in [4.69, 9.17) is 27.9 Å². The van der Waals surface area contributed by atoms with Gasteiger partial charge in [-0.2, -0.15) is 0 Å². The molecule has 196 valence electrons. The lowest BCUT2D eigenvalue weighted by Gasteiger charge is -2.25. The van der Waals surface area contributed by atoms with Crippen LogP contribution in [0.4, 0.5) is 16.2 Å². The summed E-state index contributed by atoms with van der Waals surface area (Å²) in [6.45, 7) is 3.55. The van der Waals surface area contributed by atoms with E-state index in [-0.39, 0.29) is 9.92 Å². The van der Waals surface area contributed by atoms with Gasteiger partial charge in [0.15, 0.2) is 0 Å². The lowest BCUT2D eigenvalue weighted by molar-refractivity contribution is 0.249. The Hall–Kier alpha value is -2.98. The summed E-state index contributed by atoms with van der Waals surface area (Å²) in [6, 6.07) is 14.0. The minimum atomic E-state index is -3.79. The van der Waals surface area contributed by atoms with Crippen molar-refractivity contribution >= 4 is 50.6 Å². The van der Waals surface area contributed by atoms with Gasteiger partial charge in [-0.1, -0.05) is 35.3 Å². The highest BCUT2D eigenvalue weighted by Gasteiger charge is 2.19. The van der Waals surface area contributed by atoms with Crippen LogP contribution in [-0.4, -0.2) is 40.1 Å². The number of carbonyl (C=O) groups excluding carboxylic acids is 1. The molecule has 1 aliphatic rings. The van der Waals surface area contributed by atoms with E-state index in [1.54, 1.807) is 25.1 Å². The number of likely N-dealkylation sites (N-methyl/N-ethyl adjacent to an activating group) is 1. The van der Waals surface area contributed by atoms with Crippen LogP contribution in [0.15, 0.2) is 59.5 Å². The summed E-state index contributed by atoms with van der Waals surface area (Å²) >= 11 is 12.5. The van der Waals surface area contributed by atoms with Crippen LogP contribution >= 0.6 is 23.2 Å². The van der Waals surface area contributed by atoms with Crippen molar-refractivity contribution in [1.82, 2.24) is 10.2 Å². The number of nitrogens with zero attached hydrogens (tertiary/aromatic N) is 1. The highest BCUT2D eigenvalue weighted by molar-refractivity contribution is 7.92. The smallest absolute Gasteiger partial charge is 0.319 e. The molecule has 3 aromatic carbocycles. The lowest BCUT2D eigenvalue weighted by atomic mass is 10.00. The van der Waals surface area contributed by atoms with E-state index < -0.39 is 22.1 Å². The molecule has 1 heterocycles. The standard InChI is InChI=1S/C26H28Cl2N4O4S/c1-16(22-10-11-23(36-3)25(28)24(22)27)29-26(33)30-19-6-8-21(9-7-19)37(34,35)31-20-5-4-18-15-32(2)13-12-17(18)14-20/h4-11,14,16,31H,12-13,15H2,1-3H3,(H2,29,30,33). The van der Waals surface area contributed by atoms with Crippen LogP contribution in [0.2, 0.25) is 10.0 Å². The van der Waals surface area contributed by atoms with Crippen molar-refractivity contribution in [3.63, 3.8) is 0 Å². The Labute approximate surface area is 227 Å². The molecule has 0 radical (unpaired) electrons. The average molecular weight is 564 g/mol. The number of hydrogen-bond acceptors (Lipinski definition) is 5. The van der Waals surface area contributed by atoms with Crippen LogP contribution in [0.1, 0.15) is 29.7 Å². The number of rotatable bonds is 7. The predicted molar refractivity (Wildman–Crippen MR) is 147 cm³/mol. The van der Waals surface area contributed by atoms with Crippen LogP contribution in [0, 0.1) is 0 Å². The number of anilines is 2. The summed E-state index contributed by atoms with van der Waals surface area (Å²) in [5.41, 5.74) is 3.94. The summed E-state index contributed by atoms with van der Waals surface area (Å²) in [5, 5.41) is 6.04. The van der Waals surface area contributed by atoms with E-state index >= 15 is 0 Å². The normalized spacial score (nSPS) is 14.4. The van der Waals surface area contributed by atoms with E-state index in [2.05, 4.69) is 27.3 Å². The van der Waals surface area contributed by atoms with Crippen LogP contribution < -0.4 is 20.1 Å². The Morgan fingerprint density at radius 1 is 1.00 bits per heavy atom. The molecule has 0 saturated heterocycles. The first-order chi connectivity index (χ1) is 17.6. The molecule has 0 spiro atoms. The van der Waals surface area contributed by atoms with E-state index in [1.807, 2.05) is 12.1 Å². The maximum atomic E-state index is 12.9. The first-order valence-electron chi connectivity index (χ1n) is 11.6. The maximum Gasteiger partial charge on any atom is 0.319 e. The van der Waals surface area contributed by atoms with Crippen LogP contribution in [-0.2, 0) is 23.0 Å². The van der Waals surface area contributed by atoms with Crippen molar-refractivity contribution in [2.45, 2.75) is 30.8 Å². The van der Waals surface area contributed by atoms with Crippen molar-refractivity contribution in [1.29, 1.82) is 0 Å². The second kappa shape index (κ2) is 11.2. The quantitative estimate of drug-likeness (QED) is 0.344. The van der Waals surface area contributed by atoms with Gasteiger partial charge in [-0.3, -0.25) is 4.72 Å². The number of nitrogens with one attached hydrogen (secondary N) is 3. The Balaban J connectivity index is 1.38. The molecule has 1 aliphatic heterocycles. The summed E-state index contributed by atoms with van der Waals surface area (Å²) in [7, 11) is -0.235. The molecule has 0 saturated carbocycles. The molecular formula is C26H28Cl2N4O4S. The molecule has 0 bridgehead atoms. The van der Waals surface area contributed by atoms with Crippen molar-refractivity contribution in [2.75, 3.05) is 30.7 Å². The second-order valence-electron chi connectivity index (χ2n) is 8.91. The zero-order valence-corrected chi connectivity index (χ0v) is 23.0. The number of sulfonamides is 1. The largest absolute Gasteiger partial charge is 0.495 e. The van der Waals surface area contributed by atoms with Gasteiger partial charge in [0.25, 0.3) is 10.0 Å². The number of fused-ring (bicyclic) bond motifs is 1. The summed E-state index contributed by atoms with van der Waals surface area (Å²) in [4.78, 5) is 14.8. The Morgan fingerprint density at radius 3 is 2.41 bits per heavy atom. The number of benzene rings is 3. The fourth-order valence-corrected chi connectivity index (χ4v) is 5.79.